The highest BCUT2D eigenvalue weighted by Crippen LogP contribution is 2.34. The smallest absolute Gasteiger partial charge is 0.313 e. The first-order chi connectivity index (χ1) is 15.9. The van der Waals surface area contributed by atoms with Crippen LogP contribution < -0.4 is 0 Å². The Labute approximate surface area is 198 Å². The lowest BCUT2D eigenvalue weighted by Gasteiger charge is -2.18. The van der Waals surface area contributed by atoms with Crippen LogP contribution in [0, 0.1) is 5.82 Å². The summed E-state index contributed by atoms with van der Waals surface area (Å²) >= 11 is 6.25. The van der Waals surface area contributed by atoms with Crippen LogP contribution in [0.5, 0.6) is 0 Å². The van der Waals surface area contributed by atoms with Crippen molar-refractivity contribution in [1.82, 2.24) is 4.98 Å². The molecule has 0 aliphatic rings. The monoisotopic (exact) mass is 461 g/mol. The number of aromatic nitrogens is 1. The summed E-state index contributed by atoms with van der Waals surface area (Å²) < 4.78 is 18.6. The van der Waals surface area contributed by atoms with Gasteiger partial charge in [0, 0.05) is 22.2 Å². The SMILES string of the molecule is COC(=O)C(Cc1ccc(F)cc1Cl)c1cccc(-c2cc(C(C)C)cc3cccnc23)c1. The third-order valence-electron chi connectivity index (χ3n) is 5.92. The number of methoxy groups -OCH3 is 1. The van der Waals surface area contributed by atoms with E-state index in [1.807, 2.05) is 30.3 Å². The molecule has 1 aromatic heterocycles. The maximum atomic E-state index is 13.5. The van der Waals surface area contributed by atoms with E-state index in [1.54, 1.807) is 12.3 Å². The normalized spacial score (nSPS) is 12.2. The standard InChI is InChI=1S/C28H25ClFNO2/c1-17(2)22-13-21-8-5-11-31-27(21)24(15-22)18-6-4-7-19(12-18)25(28(32)33-3)14-20-9-10-23(30)16-26(20)29/h4-13,15-17,25H,14H2,1-3H3. The minimum atomic E-state index is -0.578. The summed E-state index contributed by atoms with van der Waals surface area (Å²) in [7, 11) is 1.37. The molecule has 0 radical (unpaired) electrons. The zero-order valence-electron chi connectivity index (χ0n) is 18.8. The first-order valence-electron chi connectivity index (χ1n) is 10.9. The van der Waals surface area contributed by atoms with Crippen molar-refractivity contribution in [1.29, 1.82) is 0 Å². The Bertz CT molecular complexity index is 1320. The van der Waals surface area contributed by atoms with Crippen LogP contribution in [-0.4, -0.2) is 18.1 Å². The average molecular weight is 462 g/mol. The van der Waals surface area contributed by atoms with Crippen LogP contribution in [0.15, 0.2) is 72.9 Å². The summed E-state index contributed by atoms with van der Waals surface area (Å²) in [6, 6.07) is 20.4. The van der Waals surface area contributed by atoms with Crippen molar-refractivity contribution in [3.05, 3.63) is 100 Å². The Balaban J connectivity index is 1.81. The summed E-state index contributed by atoms with van der Waals surface area (Å²) in [5.41, 5.74) is 5.61. The van der Waals surface area contributed by atoms with E-state index >= 15 is 0 Å². The molecule has 4 aromatic rings. The summed E-state index contributed by atoms with van der Waals surface area (Å²) in [5, 5.41) is 1.37. The predicted octanol–water partition coefficient (Wildman–Crippen LogP) is 7.32. The molecule has 0 N–H and O–H groups in total. The van der Waals surface area contributed by atoms with Gasteiger partial charge in [-0.15, -0.1) is 0 Å². The van der Waals surface area contributed by atoms with Crippen molar-refractivity contribution < 1.29 is 13.9 Å². The van der Waals surface area contributed by atoms with E-state index in [1.165, 1.54) is 24.8 Å². The fourth-order valence-corrected chi connectivity index (χ4v) is 4.32. The Morgan fingerprint density at radius 3 is 2.58 bits per heavy atom. The molecule has 0 aliphatic carbocycles. The van der Waals surface area contributed by atoms with Gasteiger partial charge in [-0.2, -0.15) is 0 Å². The second-order valence-electron chi connectivity index (χ2n) is 8.44. The molecule has 3 nitrogen and oxygen atoms in total. The van der Waals surface area contributed by atoms with Crippen molar-refractivity contribution >= 4 is 28.5 Å². The number of rotatable bonds is 6. The second kappa shape index (κ2) is 9.72. The molecular formula is C28H25ClFNO2. The lowest BCUT2D eigenvalue weighted by molar-refractivity contribution is -0.142. The van der Waals surface area contributed by atoms with E-state index in [0.717, 1.165) is 27.6 Å². The van der Waals surface area contributed by atoms with Gasteiger partial charge in [-0.3, -0.25) is 9.78 Å². The van der Waals surface area contributed by atoms with Gasteiger partial charge in [0.2, 0.25) is 0 Å². The minimum Gasteiger partial charge on any atom is -0.469 e. The maximum Gasteiger partial charge on any atom is 0.313 e. The highest BCUT2D eigenvalue weighted by atomic mass is 35.5. The quantitative estimate of drug-likeness (QED) is 0.282. The molecule has 4 rings (SSSR count). The number of ether oxygens (including phenoxy) is 1. The van der Waals surface area contributed by atoms with E-state index in [9.17, 15) is 9.18 Å². The zero-order valence-corrected chi connectivity index (χ0v) is 19.6. The highest BCUT2D eigenvalue weighted by molar-refractivity contribution is 6.31. The molecule has 1 heterocycles. The van der Waals surface area contributed by atoms with Gasteiger partial charge in [-0.05, 0) is 64.9 Å². The molecule has 0 aliphatic heterocycles. The number of esters is 1. The van der Waals surface area contributed by atoms with Crippen molar-refractivity contribution in [2.24, 2.45) is 0 Å². The fourth-order valence-electron chi connectivity index (χ4n) is 4.08. The van der Waals surface area contributed by atoms with E-state index in [4.69, 9.17) is 16.3 Å². The van der Waals surface area contributed by atoms with E-state index in [2.05, 4.69) is 37.0 Å². The molecule has 168 valence electrons. The van der Waals surface area contributed by atoms with Gasteiger partial charge in [-0.25, -0.2) is 4.39 Å². The molecule has 1 atom stereocenters. The summed E-state index contributed by atoms with van der Waals surface area (Å²) in [4.78, 5) is 17.4. The Kier molecular flexibility index (Phi) is 6.75. The van der Waals surface area contributed by atoms with E-state index < -0.39 is 11.7 Å². The van der Waals surface area contributed by atoms with Crippen molar-refractivity contribution in [3.63, 3.8) is 0 Å². The number of nitrogens with zero attached hydrogens (tertiary/aromatic N) is 1. The maximum absolute atomic E-state index is 13.5. The molecule has 3 aromatic carbocycles. The van der Waals surface area contributed by atoms with Gasteiger partial charge in [0.1, 0.15) is 5.82 Å². The van der Waals surface area contributed by atoms with Gasteiger partial charge in [0.15, 0.2) is 0 Å². The van der Waals surface area contributed by atoms with Crippen LogP contribution in [0.3, 0.4) is 0 Å². The summed E-state index contributed by atoms with van der Waals surface area (Å²) in [5.74, 6) is -0.998. The third-order valence-corrected chi connectivity index (χ3v) is 6.27. The zero-order chi connectivity index (χ0) is 23.5. The largest absolute Gasteiger partial charge is 0.469 e. The lowest BCUT2D eigenvalue weighted by Crippen LogP contribution is -2.17. The van der Waals surface area contributed by atoms with Gasteiger partial charge >= 0.3 is 5.97 Å². The molecule has 0 saturated heterocycles. The summed E-state index contributed by atoms with van der Waals surface area (Å²) in [6.45, 7) is 4.33. The second-order valence-corrected chi connectivity index (χ2v) is 8.85. The molecule has 1 unspecified atom stereocenters. The number of carbonyl (C=O) groups is 1. The number of halogens is 2. The van der Waals surface area contributed by atoms with Gasteiger partial charge in [-0.1, -0.05) is 61.8 Å². The average Bonchev–Trinajstić information content (AvgIpc) is 2.82. The number of benzene rings is 3. The van der Waals surface area contributed by atoms with Crippen LogP contribution in [0.1, 0.15) is 42.4 Å². The molecule has 33 heavy (non-hydrogen) atoms. The van der Waals surface area contributed by atoms with Crippen LogP contribution in [0.25, 0.3) is 22.0 Å². The topological polar surface area (TPSA) is 39.2 Å². The van der Waals surface area contributed by atoms with Gasteiger partial charge in [0.05, 0.1) is 18.5 Å². The third kappa shape index (κ3) is 4.91. The molecule has 0 saturated carbocycles. The number of hydrogen-bond acceptors (Lipinski definition) is 3. The number of carbonyl (C=O) groups excluding carboxylic acids is 1. The Morgan fingerprint density at radius 1 is 1.03 bits per heavy atom. The van der Waals surface area contributed by atoms with Gasteiger partial charge in [0.25, 0.3) is 0 Å². The first kappa shape index (κ1) is 22.9. The number of hydrogen-bond donors (Lipinski definition) is 0. The molecular weight excluding hydrogens is 437 g/mol. The van der Waals surface area contributed by atoms with Crippen LogP contribution >= 0.6 is 11.6 Å². The predicted molar refractivity (Wildman–Crippen MR) is 131 cm³/mol. The Hall–Kier alpha value is -3.24. The molecule has 0 fully saturated rings. The molecule has 0 amide bonds. The minimum absolute atomic E-state index is 0.292. The van der Waals surface area contributed by atoms with Crippen LogP contribution in [0.2, 0.25) is 5.02 Å². The summed E-state index contributed by atoms with van der Waals surface area (Å²) in [6.07, 6.45) is 2.10. The molecule has 0 spiro atoms. The number of fused-ring (bicyclic) bond motifs is 1. The van der Waals surface area contributed by atoms with Crippen LogP contribution in [-0.2, 0) is 16.0 Å². The van der Waals surface area contributed by atoms with E-state index in [-0.39, 0.29) is 5.97 Å². The van der Waals surface area contributed by atoms with Crippen LogP contribution in [0.4, 0.5) is 4.39 Å². The molecule has 0 bridgehead atoms. The highest BCUT2D eigenvalue weighted by Gasteiger charge is 2.24. The first-order valence-corrected chi connectivity index (χ1v) is 11.3. The Morgan fingerprint density at radius 2 is 1.85 bits per heavy atom. The van der Waals surface area contributed by atoms with Crippen molar-refractivity contribution in [2.75, 3.05) is 7.11 Å². The van der Waals surface area contributed by atoms with Gasteiger partial charge < -0.3 is 4.74 Å². The lowest BCUT2D eigenvalue weighted by atomic mass is 9.88. The molecule has 5 heteroatoms. The fraction of sp³-hybridized carbons (Fsp3) is 0.214. The van der Waals surface area contributed by atoms with E-state index in [0.29, 0.717) is 22.9 Å². The number of pyridine rings is 1. The van der Waals surface area contributed by atoms with Crippen molar-refractivity contribution in [2.45, 2.75) is 32.1 Å². The van der Waals surface area contributed by atoms with Crippen molar-refractivity contribution in [3.8, 4) is 11.1 Å².